The van der Waals surface area contributed by atoms with Gasteiger partial charge in [-0.15, -0.1) is 0 Å². The van der Waals surface area contributed by atoms with E-state index in [9.17, 15) is 0 Å². The van der Waals surface area contributed by atoms with E-state index in [0.29, 0.717) is 17.5 Å². The summed E-state index contributed by atoms with van der Waals surface area (Å²) >= 11 is 0. The smallest absolute Gasteiger partial charge is 0.164 e. The highest BCUT2D eigenvalue weighted by atomic mass is 16.3. The van der Waals surface area contributed by atoms with Gasteiger partial charge in [0.05, 0.1) is 11.0 Å². The maximum absolute atomic E-state index is 6.41. The van der Waals surface area contributed by atoms with Crippen LogP contribution in [0.15, 0.2) is 150 Å². The normalized spacial score (nSPS) is 16.9. The fraction of sp³-hybridized carbons (Fsp3) is 0.104. The minimum atomic E-state index is -0.100. The molecule has 9 aromatic rings. The molecule has 11 rings (SSSR count). The molecule has 3 aromatic heterocycles. The summed E-state index contributed by atoms with van der Waals surface area (Å²) in [7, 11) is 0. The van der Waals surface area contributed by atoms with Crippen LogP contribution in [0.5, 0.6) is 0 Å². The van der Waals surface area contributed by atoms with Crippen molar-refractivity contribution >= 4 is 44.9 Å². The van der Waals surface area contributed by atoms with Crippen molar-refractivity contribution in [1.82, 2.24) is 19.5 Å². The van der Waals surface area contributed by atoms with Crippen molar-refractivity contribution in [2.45, 2.75) is 25.2 Å². The minimum absolute atomic E-state index is 0.100. The van der Waals surface area contributed by atoms with Gasteiger partial charge in [-0.05, 0) is 71.1 Å². The van der Waals surface area contributed by atoms with Crippen LogP contribution in [0.25, 0.3) is 84.8 Å². The Balaban J connectivity index is 1.16. The molecular weight excluding hydrogens is 649 g/mol. The molecular formula is C48H34N4O. The first-order valence-corrected chi connectivity index (χ1v) is 18.3. The zero-order chi connectivity index (χ0) is 35.3. The van der Waals surface area contributed by atoms with Crippen LogP contribution < -0.4 is 10.6 Å². The van der Waals surface area contributed by atoms with Gasteiger partial charge in [0, 0.05) is 55.6 Å². The first kappa shape index (κ1) is 30.1. The van der Waals surface area contributed by atoms with Crippen molar-refractivity contribution in [2.75, 3.05) is 0 Å². The Hall–Kier alpha value is -6.59. The molecule has 53 heavy (non-hydrogen) atoms. The third-order valence-electron chi connectivity index (χ3n) is 11.5. The highest BCUT2D eigenvalue weighted by Crippen LogP contribution is 2.54. The van der Waals surface area contributed by atoms with E-state index in [1.54, 1.807) is 0 Å². The summed E-state index contributed by atoms with van der Waals surface area (Å²) < 4.78 is 8.82. The number of fused-ring (bicyclic) bond motifs is 9. The van der Waals surface area contributed by atoms with Gasteiger partial charge in [-0.2, -0.15) is 0 Å². The molecule has 0 radical (unpaired) electrons. The summed E-state index contributed by atoms with van der Waals surface area (Å²) in [4.78, 5) is 15.1. The fourth-order valence-electron chi connectivity index (χ4n) is 8.90. The zero-order valence-corrected chi connectivity index (χ0v) is 29.4. The maximum Gasteiger partial charge on any atom is 0.164 e. The van der Waals surface area contributed by atoms with Crippen molar-refractivity contribution in [3.63, 3.8) is 0 Å². The number of benzene rings is 6. The lowest BCUT2D eigenvalue weighted by atomic mass is 9.74. The molecule has 3 heterocycles. The summed E-state index contributed by atoms with van der Waals surface area (Å²) in [5, 5.41) is 4.77. The first-order chi connectivity index (χ1) is 26.0. The molecule has 0 amide bonds. The van der Waals surface area contributed by atoms with Gasteiger partial charge >= 0.3 is 0 Å². The van der Waals surface area contributed by atoms with Crippen LogP contribution in [0.3, 0.4) is 0 Å². The van der Waals surface area contributed by atoms with E-state index in [2.05, 4.69) is 134 Å². The molecule has 0 N–H and O–H groups in total. The molecule has 6 aromatic carbocycles. The van der Waals surface area contributed by atoms with Crippen LogP contribution in [-0.4, -0.2) is 19.5 Å². The Morgan fingerprint density at radius 3 is 1.85 bits per heavy atom. The molecule has 252 valence electrons. The molecule has 0 aliphatic heterocycles. The highest BCUT2D eigenvalue weighted by Gasteiger charge is 2.46. The number of hydrogen-bond acceptors (Lipinski definition) is 4. The number of para-hydroxylation sites is 2. The maximum atomic E-state index is 6.41. The Bertz CT molecular complexity index is 2980. The molecule has 0 bridgehead atoms. The zero-order valence-electron chi connectivity index (χ0n) is 29.4. The standard InChI is InChI=1S/C48H34N4O/c1-48(2)39-27-42-37(25-34(39)35-26-38-33-20-12-13-21-43(33)53-44(38)28-40(35)48)36-24-31(22-23-41(36)52(42)32-18-10-5-11-19-32)47-50-45(29-14-6-3-7-15-29)49-46(51-47)30-16-8-4-9-17-30/h3-28,35,40H,1-2H3. The largest absolute Gasteiger partial charge is 0.456 e. The molecule has 0 saturated carbocycles. The topological polar surface area (TPSA) is 56.7 Å². The third kappa shape index (κ3) is 4.53. The van der Waals surface area contributed by atoms with Gasteiger partial charge < -0.3 is 8.98 Å². The molecule has 2 aliphatic carbocycles. The van der Waals surface area contributed by atoms with Crippen LogP contribution in [0.2, 0.25) is 0 Å². The second kappa shape index (κ2) is 11.2. The van der Waals surface area contributed by atoms with E-state index in [1.165, 1.54) is 38.0 Å². The highest BCUT2D eigenvalue weighted by molar-refractivity contribution is 6.11. The van der Waals surface area contributed by atoms with Crippen molar-refractivity contribution in [3.05, 3.63) is 167 Å². The average molecular weight is 683 g/mol. The van der Waals surface area contributed by atoms with Gasteiger partial charge in [0.25, 0.3) is 0 Å². The average Bonchev–Trinajstić information content (AvgIpc) is 3.81. The van der Waals surface area contributed by atoms with Gasteiger partial charge in [-0.1, -0.05) is 117 Å². The van der Waals surface area contributed by atoms with Crippen molar-refractivity contribution < 1.29 is 4.42 Å². The van der Waals surface area contributed by atoms with Gasteiger partial charge in [0.15, 0.2) is 17.5 Å². The summed E-state index contributed by atoms with van der Waals surface area (Å²) in [6.07, 6.45) is 4.86. The lowest BCUT2D eigenvalue weighted by Gasteiger charge is -2.29. The van der Waals surface area contributed by atoms with Crippen molar-refractivity contribution in [3.8, 4) is 39.9 Å². The van der Waals surface area contributed by atoms with Gasteiger partial charge in [-0.3, -0.25) is 0 Å². The molecule has 0 fully saturated rings. The summed E-state index contributed by atoms with van der Waals surface area (Å²) in [5.74, 6) is 2.48. The number of hydrogen-bond donors (Lipinski definition) is 0. The SMILES string of the molecule is CC1(C)c2cc3c(cc2C2C=c4c(oc5ccccc45)=CC21)c1cc(-c2nc(-c4ccccc4)nc(-c4ccccc4)n2)ccc1n3-c1ccccc1. The van der Waals surface area contributed by atoms with Crippen LogP contribution in [0.4, 0.5) is 0 Å². The molecule has 2 atom stereocenters. The fourth-order valence-corrected chi connectivity index (χ4v) is 8.90. The minimum Gasteiger partial charge on any atom is -0.456 e. The second-order valence-electron chi connectivity index (χ2n) is 14.9. The Kier molecular flexibility index (Phi) is 6.36. The molecule has 0 saturated heterocycles. The van der Waals surface area contributed by atoms with E-state index >= 15 is 0 Å². The summed E-state index contributed by atoms with van der Waals surface area (Å²) in [6, 6.07) is 51.0. The summed E-state index contributed by atoms with van der Waals surface area (Å²) in [6.45, 7) is 4.78. The number of furan rings is 1. The van der Waals surface area contributed by atoms with Crippen molar-refractivity contribution in [2.24, 2.45) is 5.92 Å². The van der Waals surface area contributed by atoms with E-state index in [-0.39, 0.29) is 17.3 Å². The quantitative estimate of drug-likeness (QED) is 0.185. The third-order valence-corrected chi connectivity index (χ3v) is 11.5. The van der Waals surface area contributed by atoms with E-state index in [1.807, 2.05) is 42.5 Å². The van der Waals surface area contributed by atoms with E-state index in [0.717, 1.165) is 38.9 Å². The molecule has 0 spiro atoms. The Labute approximate surface area is 306 Å². The Morgan fingerprint density at radius 1 is 0.547 bits per heavy atom. The van der Waals surface area contributed by atoms with E-state index < -0.39 is 0 Å². The molecule has 5 nitrogen and oxygen atoms in total. The van der Waals surface area contributed by atoms with Crippen LogP contribution in [0, 0.1) is 5.92 Å². The first-order valence-electron chi connectivity index (χ1n) is 18.3. The predicted octanol–water partition coefficient (Wildman–Crippen LogP) is 9.98. The van der Waals surface area contributed by atoms with E-state index in [4.69, 9.17) is 19.4 Å². The number of nitrogens with zero attached hydrogens (tertiary/aromatic N) is 4. The molecule has 5 heteroatoms. The lowest BCUT2D eigenvalue weighted by molar-refractivity contribution is 0.415. The van der Waals surface area contributed by atoms with Crippen molar-refractivity contribution in [1.29, 1.82) is 0 Å². The molecule has 2 unspecified atom stereocenters. The molecule has 2 aliphatic rings. The number of aromatic nitrogens is 4. The lowest BCUT2D eigenvalue weighted by Crippen LogP contribution is -2.33. The van der Waals surface area contributed by atoms with Crippen LogP contribution >= 0.6 is 0 Å². The monoisotopic (exact) mass is 682 g/mol. The Morgan fingerprint density at radius 2 is 1.15 bits per heavy atom. The van der Waals surface area contributed by atoms with Gasteiger partial charge in [-0.25, -0.2) is 15.0 Å². The van der Waals surface area contributed by atoms with Crippen LogP contribution in [-0.2, 0) is 5.41 Å². The van der Waals surface area contributed by atoms with Crippen LogP contribution in [0.1, 0.15) is 30.9 Å². The summed E-state index contributed by atoms with van der Waals surface area (Å²) in [5.41, 5.74) is 10.9. The van der Waals surface area contributed by atoms with Gasteiger partial charge in [0.1, 0.15) is 11.0 Å². The predicted molar refractivity (Wildman–Crippen MR) is 214 cm³/mol. The second-order valence-corrected chi connectivity index (χ2v) is 14.9. The number of rotatable bonds is 4. The van der Waals surface area contributed by atoms with Gasteiger partial charge in [0.2, 0.25) is 0 Å².